The van der Waals surface area contributed by atoms with Crippen molar-refractivity contribution in [3.05, 3.63) is 16.1 Å². The van der Waals surface area contributed by atoms with Crippen molar-refractivity contribution in [1.29, 1.82) is 0 Å². The van der Waals surface area contributed by atoms with Crippen molar-refractivity contribution in [3.8, 4) is 0 Å². The van der Waals surface area contributed by atoms with E-state index in [2.05, 4.69) is 24.1 Å². The molecule has 2 rings (SSSR count). The third kappa shape index (κ3) is 3.22. The van der Waals surface area contributed by atoms with Crippen molar-refractivity contribution in [2.75, 3.05) is 7.05 Å². The average Bonchev–Trinajstić information content (AvgIpc) is 3.13. The van der Waals surface area contributed by atoms with E-state index in [9.17, 15) is 4.79 Å². The van der Waals surface area contributed by atoms with Crippen LogP contribution < -0.4 is 5.32 Å². The summed E-state index contributed by atoms with van der Waals surface area (Å²) in [5.41, 5.74) is 0. The van der Waals surface area contributed by atoms with E-state index >= 15 is 0 Å². The number of carbonyl (C=O) groups is 1. The summed E-state index contributed by atoms with van der Waals surface area (Å²) in [7, 11) is 1.87. The summed E-state index contributed by atoms with van der Waals surface area (Å²) in [6.07, 6.45) is 5.41. The summed E-state index contributed by atoms with van der Waals surface area (Å²) in [6.45, 7) is 4.77. The summed E-state index contributed by atoms with van der Waals surface area (Å²) in [5, 5.41) is 3.91. The van der Waals surface area contributed by atoms with Crippen LogP contribution in [0.1, 0.15) is 36.6 Å². The molecule has 0 aliphatic heterocycles. The minimum Gasteiger partial charge on any atom is -0.331 e. The molecular weight excluding hydrogens is 246 g/mol. The lowest BCUT2D eigenvalue weighted by atomic mass is 10.2. The maximum absolute atomic E-state index is 12.0. The Morgan fingerprint density at radius 2 is 2.39 bits per heavy atom. The maximum Gasteiger partial charge on any atom is 0.317 e. The number of urea groups is 1. The number of aryl methyl sites for hydroxylation is 1. The predicted octanol–water partition coefficient (Wildman–Crippen LogP) is 2.65. The van der Waals surface area contributed by atoms with E-state index in [0.29, 0.717) is 18.5 Å². The van der Waals surface area contributed by atoms with E-state index in [1.807, 2.05) is 18.1 Å². The number of hydrogen-bond acceptors (Lipinski definition) is 3. The molecule has 4 nitrogen and oxygen atoms in total. The van der Waals surface area contributed by atoms with Crippen molar-refractivity contribution in [2.24, 2.45) is 5.92 Å². The molecule has 2 amide bonds. The average molecular weight is 267 g/mol. The summed E-state index contributed by atoms with van der Waals surface area (Å²) >= 11 is 1.67. The SMILES string of the molecule is CCc1cnc(CNC(=O)N(C)[C@H](C)C2CC2)s1. The fraction of sp³-hybridized carbons (Fsp3) is 0.692. The molecule has 100 valence electrons. The molecule has 0 radical (unpaired) electrons. The fourth-order valence-corrected chi connectivity index (χ4v) is 2.75. The van der Waals surface area contributed by atoms with Crippen LogP contribution in [0.15, 0.2) is 6.20 Å². The number of thiazole rings is 1. The van der Waals surface area contributed by atoms with Gasteiger partial charge in [0.2, 0.25) is 0 Å². The number of aromatic nitrogens is 1. The summed E-state index contributed by atoms with van der Waals surface area (Å²) in [5.74, 6) is 0.701. The first-order valence-corrected chi connectivity index (χ1v) is 7.37. The van der Waals surface area contributed by atoms with E-state index in [4.69, 9.17) is 0 Å². The topological polar surface area (TPSA) is 45.2 Å². The van der Waals surface area contributed by atoms with Gasteiger partial charge in [0.25, 0.3) is 0 Å². The minimum absolute atomic E-state index is 0.00245. The Morgan fingerprint density at radius 1 is 1.67 bits per heavy atom. The van der Waals surface area contributed by atoms with Crippen molar-refractivity contribution in [1.82, 2.24) is 15.2 Å². The number of rotatable bonds is 5. The molecule has 1 fully saturated rings. The Kier molecular flexibility index (Phi) is 4.22. The molecule has 1 N–H and O–H groups in total. The van der Waals surface area contributed by atoms with Crippen molar-refractivity contribution in [2.45, 2.75) is 45.7 Å². The van der Waals surface area contributed by atoms with Gasteiger partial charge in [0.05, 0.1) is 6.54 Å². The Bertz CT molecular complexity index is 414. The number of hydrogen-bond donors (Lipinski definition) is 1. The number of carbonyl (C=O) groups excluding carboxylic acids is 1. The Hall–Kier alpha value is -1.10. The molecule has 0 unspecified atom stereocenters. The molecule has 5 heteroatoms. The number of nitrogens with zero attached hydrogens (tertiary/aromatic N) is 2. The monoisotopic (exact) mass is 267 g/mol. The molecule has 0 saturated heterocycles. The van der Waals surface area contributed by atoms with Gasteiger partial charge in [0.1, 0.15) is 5.01 Å². The fourth-order valence-electron chi connectivity index (χ4n) is 1.95. The first-order valence-electron chi connectivity index (χ1n) is 6.56. The van der Waals surface area contributed by atoms with Crippen molar-refractivity contribution < 1.29 is 4.79 Å². The van der Waals surface area contributed by atoms with Crippen LogP contribution in [0, 0.1) is 5.92 Å². The van der Waals surface area contributed by atoms with Gasteiger partial charge >= 0.3 is 6.03 Å². The van der Waals surface area contributed by atoms with Crippen molar-refractivity contribution in [3.63, 3.8) is 0 Å². The van der Waals surface area contributed by atoms with E-state index in [-0.39, 0.29) is 6.03 Å². The lowest BCUT2D eigenvalue weighted by Crippen LogP contribution is -2.42. The minimum atomic E-state index is 0.00245. The highest BCUT2D eigenvalue weighted by atomic mass is 32.1. The molecule has 0 aromatic carbocycles. The van der Waals surface area contributed by atoms with Crippen LogP contribution in [0.4, 0.5) is 4.79 Å². The van der Waals surface area contributed by atoms with Crippen LogP contribution in [-0.2, 0) is 13.0 Å². The van der Waals surface area contributed by atoms with Gasteiger partial charge in [0, 0.05) is 24.2 Å². The molecule has 1 aromatic rings. The maximum atomic E-state index is 12.0. The molecular formula is C13H21N3OS. The van der Waals surface area contributed by atoms with E-state index in [0.717, 1.165) is 11.4 Å². The van der Waals surface area contributed by atoms with Gasteiger partial charge < -0.3 is 10.2 Å². The third-order valence-corrected chi connectivity index (χ3v) is 4.72. The van der Waals surface area contributed by atoms with Crippen LogP contribution in [0.2, 0.25) is 0 Å². The summed E-state index contributed by atoms with van der Waals surface area (Å²) in [4.78, 5) is 19.3. The third-order valence-electron chi connectivity index (χ3n) is 3.58. The van der Waals surface area contributed by atoms with E-state index in [1.165, 1.54) is 17.7 Å². The second-order valence-electron chi connectivity index (χ2n) is 4.92. The molecule has 18 heavy (non-hydrogen) atoms. The molecule has 1 aliphatic rings. The van der Waals surface area contributed by atoms with Gasteiger partial charge in [-0.2, -0.15) is 0 Å². The molecule has 1 aliphatic carbocycles. The lowest BCUT2D eigenvalue weighted by Gasteiger charge is -2.24. The standard InChI is InChI=1S/C13H21N3OS/c1-4-11-7-14-12(18-11)8-15-13(17)16(3)9(2)10-5-6-10/h7,9-10H,4-6,8H2,1-3H3,(H,15,17)/t9-/m1/s1. The highest BCUT2D eigenvalue weighted by molar-refractivity contribution is 7.11. The highest BCUT2D eigenvalue weighted by Gasteiger charge is 2.32. The Labute approximate surface area is 112 Å². The first kappa shape index (κ1) is 13.3. The second-order valence-corrected chi connectivity index (χ2v) is 6.12. The first-order chi connectivity index (χ1) is 8.61. The summed E-state index contributed by atoms with van der Waals surface area (Å²) in [6, 6.07) is 0.343. The predicted molar refractivity (Wildman–Crippen MR) is 73.7 cm³/mol. The smallest absolute Gasteiger partial charge is 0.317 e. The Balaban J connectivity index is 1.79. The van der Waals surface area contributed by atoms with E-state index in [1.54, 1.807) is 11.3 Å². The van der Waals surface area contributed by atoms with Crippen LogP contribution in [0.5, 0.6) is 0 Å². The van der Waals surface area contributed by atoms with E-state index < -0.39 is 0 Å². The quantitative estimate of drug-likeness (QED) is 0.891. The zero-order chi connectivity index (χ0) is 13.1. The zero-order valence-electron chi connectivity index (χ0n) is 11.3. The normalized spacial score (nSPS) is 16.4. The Morgan fingerprint density at radius 3 is 2.94 bits per heavy atom. The van der Waals surface area contributed by atoms with Crippen LogP contribution in [0.25, 0.3) is 0 Å². The zero-order valence-corrected chi connectivity index (χ0v) is 12.1. The highest BCUT2D eigenvalue weighted by Crippen LogP contribution is 2.34. The number of amides is 2. The molecule has 1 saturated carbocycles. The molecule has 0 bridgehead atoms. The van der Waals surface area contributed by atoms with Crippen LogP contribution in [-0.4, -0.2) is 29.0 Å². The second kappa shape index (κ2) is 5.69. The van der Waals surface area contributed by atoms with Gasteiger partial charge in [-0.05, 0) is 32.1 Å². The summed E-state index contributed by atoms with van der Waals surface area (Å²) < 4.78 is 0. The number of nitrogens with one attached hydrogen (secondary N) is 1. The van der Waals surface area contributed by atoms with Gasteiger partial charge in [-0.3, -0.25) is 0 Å². The van der Waals surface area contributed by atoms with Gasteiger partial charge in [-0.15, -0.1) is 11.3 Å². The van der Waals surface area contributed by atoms with Crippen LogP contribution >= 0.6 is 11.3 Å². The molecule has 1 aromatic heterocycles. The largest absolute Gasteiger partial charge is 0.331 e. The van der Waals surface area contributed by atoms with Crippen molar-refractivity contribution >= 4 is 17.4 Å². The van der Waals surface area contributed by atoms with Gasteiger partial charge in [0.15, 0.2) is 0 Å². The molecule has 0 spiro atoms. The lowest BCUT2D eigenvalue weighted by molar-refractivity contribution is 0.187. The van der Waals surface area contributed by atoms with Crippen LogP contribution in [0.3, 0.4) is 0 Å². The molecule has 1 atom stereocenters. The van der Waals surface area contributed by atoms with Gasteiger partial charge in [-0.1, -0.05) is 6.92 Å². The van der Waals surface area contributed by atoms with Gasteiger partial charge in [-0.25, -0.2) is 9.78 Å². The molecule has 1 heterocycles.